The number of nitrogens with zero attached hydrogens (tertiary/aromatic N) is 2. The summed E-state index contributed by atoms with van der Waals surface area (Å²) in [4.78, 5) is 25.8. The van der Waals surface area contributed by atoms with Gasteiger partial charge in [-0.3, -0.25) is 14.5 Å². The quantitative estimate of drug-likeness (QED) is 0.512. The van der Waals surface area contributed by atoms with E-state index in [9.17, 15) is 14.9 Å². The molecule has 1 saturated heterocycles. The van der Waals surface area contributed by atoms with Crippen molar-refractivity contribution in [2.45, 2.75) is 13.3 Å². The molecule has 0 atom stereocenters. The smallest absolute Gasteiger partial charge is 0.264 e. The van der Waals surface area contributed by atoms with E-state index < -0.39 is 5.91 Å². The van der Waals surface area contributed by atoms with Crippen molar-refractivity contribution < 1.29 is 9.59 Å². The lowest BCUT2D eigenvalue weighted by Gasteiger charge is -2.18. The van der Waals surface area contributed by atoms with Gasteiger partial charge in [-0.25, -0.2) is 0 Å². The molecule has 0 spiro atoms. The van der Waals surface area contributed by atoms with Crippen LogP contribution in [0.15, 0.2) is 47.5 Å². The lowest BCUT2D eigenvalue weighted by molar-refractivity contribution is -0.116. The van der Waals surface area contributed by atoms with Crippen LogP contribution in [0.5, 0.6) is 0 Å². The zero-order chi connectivity index (χ0) is 16.8. The Kier molecular flexibility index (Phi) is 5.61. The summed E-state index contributed by atoms with van der Waals surface area (Å²) in [6, 6.07) is 9.45. The third kappa shape index (κ3) is 3.63. The van der Waals surface area contributed by atoms with Gasteiger partial charge >= 0.3 is 0 Å². The van der Waals surface area contributed by atoms with E-state index in [0.717, 1.165) is 12.0 Å². The summed E-state index contributed by atoms with van der Waals surface area (Å²) in [7, 11) is 0. The Balaban J connectivity index is 2.40. The van der Waals surface area contributed by atoms with Crippen molar-refractivity contribution in [3.05, 3.63) is 53.1 Å². The Labute approximate surface area is 139 Å². The molecule has 0 unspecified atom stereocenters. The largest absolute Gasteiger partial charge is 0.348 e. The highest BCUT2D eigenvalue weighted by atomic mass is 32.2. The van der Waals surface area contributed by atoms with E-state index in [-0.39, 0.29) is 23.8 Å². The van der Waals surface area contributed by atoms with Gasteiger partial charge in [-0.1, -0.05) is 36.9 Å². The maximum atomic E-state index is 12.2. The molecule has 1 aromatic rings. The fraction of sp³-hybridized carbons (Fsp3) is 0.235. The van der Waals surface area contributed by atoms with Crippen LogP contribution in [0.3, 0.4) is 0 Å². The Hall–Kier alpha value is -2.52. The molecule has 2 rings (SSSR count). The van der Waals surface area contributed by atoms with Crippen molar-refractivity contribution in [2.24, 2.45) is 0 Å². The minimum atomic E-state index is -0.500. The summed E-state index contributed by atoms with van der Waals surface area (Å²) in [5.74, 6) is -0.427. The van der Waals surface area contributed by atoms with Gasteiger partial charge in [-0.15, -0.1) is 6.58 Å². The number of nitriles is 1. The second-order valence-corrected chi connectivity index (χ2v) is 5.79. The highest BCUT2D eigenvalue weighted by Crippen LogP contribution is 2.36. The van der Waals surface area contributed by atoms with Gasteiger partial charge in [0.25, 0.3) is 5.91 Å². The Bertz CT molecular complexity index is 702. The molecular weight excluding hydrogens is 310 g/mol. The summed E-state index contributed by atoms with van der Waals surface area (Å²) in [6.45, 7) is 5.84. The van der Waals surface area contributed by atoms with Crippen LogP contribution in [0, 0.1) is 11.3 Å². The van der Waals surface area contributed by atoms with Crippen molar-refractivity contribution in [3.8, 4) is 6.07 Å². The third-order valence-electron chi connectivity index (χ3n) is 3.35. The number of thioether (sulfide) groups is 1. The number of carbonyl (C=O) groups is 2. The van der Waals surface area contributed by atoms with Crippen LogP contribution in [-0.2, 0) is 16.0 Å². The van der Waals surface area contributed by atoms with Crippen molar-refractivity contribution in [1.29, 1.82) is 5.26 Å². The van der Waals surface area contributed by atoms with Crippen molar-refractivity contribution in [1.82, 2.24) is 5.32 Å². The molecule has 0 aromatic heterocycles. The lowest BCUT2D eigenvalue weighted by atomic mass is 10.1. The molecule has 1 heterocycles. The van der Waals surface area contributed by atoms with E-state index in [1.807, 2.05) is 30.3 Å². The summed E-state index contributed by atoms with van der Waals surface area (Å²) >= 11 is 1.20. The normalized spacial score (nSPS) is 16.0. The molecule has 1 aliphatic rings. The van der Waals surface area contributed by atoms with Crippen molar-refractivity contribution >= 4 is 29.3 Å². The number of carbonyl (C=O) groups excluding carboxylic acids is 2. The van der Waals surface area contributed by atoms with Crippen molar-refractivity contribution in [3.63, 3.8) is 0 Å². The van der Waals surface area contributed by atoms with Crippen LogP contribution in [0.4, 0.5) is 5.69 Å². The Morgan fingerprint density at radius 2 is 2.17 bits per heavy atom. The first-order valence-electron chi connectivity index (χ1n) is 7.20. The first-order chi connectivity index (χ1) is 11.1. The topological polar surface area (TPSA) is 73.2 Å². The lowest BCUT2D eigenvalue weighted by Crippen LogP contribution is -2.29. The summed E-state index contributed by atoms with van der Waals surface area (Å²) in [6.07, 6.45) is 2.44. The fourth-order valence-corrected chi connectivity index (χ4v) is 3.16. The molecule has 1 aliphatic heterocycles. The van der Waals surface area contributed by atoms with E-state index >= 15 is 0 Å². The van der Waals surface area contributed by atoms with E-state index in [0.29, 0.717) is 10.7 Å². The van der Waals surface area contributed by atoms with Crippen molar-refractivity contribution in [2.75, 3.05) is 17.2 Å². The third-order valence-corrected chi connectivity index (χ3v) is 4.40. The number of aryl methyl sites for hydroxylation is 1. The number of nitrogens with one attached hydrogen (secondary N) is 1. The number of hydrogen-bond acceptors (Lipinski definition) is 4. The van der Waals surface area contributed by atoms with E-state index in [2.05, 4.69) is 18.8 Å². The van der Waals surface area contributed by atoms with Gasteiger partial charge in [0.1, 0.15) is 16.7 Å². The molecule has 2 amide bonds. The zero-order valence-corrected chi connectivity index (χ0v) is 13.7. The van der Waals surface area contributed by atoms with Crippen LogP contribution < -0.4 is 10.2 Å². The van der Waals surface area contributed by atoms with E-state index in [4.69, 9.17) is 0 Å². The van der Waals surface area contributed by atoms with E-state index in [1.165, 1.54) is 22.7 Å². The number of hydrogen-bond donors (Lipinski definition) is 1. The second kappa shape index (κ2) is 7.65. The molecule has 118 valence electrons. The van der Waals surface area contributed by atoms with Gasteiger partial charge in [0.15, 0.2) is 0 Å². The maximum Gasteiger partial charge on any atom is 0.264 e. The Morgan fingerprint density at radius 1 is 1.48 bits per heavy atom. The zero-order valence-electron chi connectivity index (χ0n) is 12.8. The molecule has 5 nitrogen and oxygen atoms in total. The summed E-state index contributed by atoms with van der Waals surface area (Å²) in [5, 5.41) is 12.3. The molecule has 6 heteroatoms. The van der Waals surface area contributed by atoms with E-state index in [1.54, 1.807) is 0 Å². The van der Waals surface area contributed by atoms with Crippen LogP contribution >= 0.6 is 11.8 Å². The molecule has 1 fully saturated rings. The van der Waals surface area contributed by atoms with Gasteiger partial charge in [0.2, 0.25) is 5.91 Å². The van der Waals surface area contributed by atoms with Gasteiger partial charge in [-0.05, 0) is 24.1 Å². The minimum absolute atomic E-state index is 0.0535. The monoisotopic (exact) mass is 327 g/mol. The minimum Gasteiger partial charge on any atom is -0.348 e. The number of benzene rings is 1. The number of anilines is 1. The van der Waals surface area contributed by atoms with Gasteiger partial charge in [-0.2, -0.15) is 5.26 Å². The molecule has 0 radical (unpaired) electrons. The van der Waals surface area contributed by atoms with Gasteiger partial charge < -0.3 is 5.32 Å². The number of amides is 2. The predicted octanol–water partition coefficient (Wildman–Crippen LogP) is 2.37. The summed E-state index contributed by atoms with van der Waals surface area (Å²) in [5.41, 5.74) is 1.77. The highest BCUT2D eigenvalue weighted by molar-refractivity contribution is 8.04. The standard InChI is InChI=1S/C17H17N3O2S/c1-3-9-19-16(22)14(10-18)17-20(15(21)11-23-17)13-7-5-12(4-2)6-8-13/h3,5-8H,1,4,9,11H2,2H3,(H,19,22)/b17-14-. The van der Waals surface area contributed by atoms with Crippen LogP contribution in [0.25, 0.3) is 0 Å². The first kappa shape index (κ1) is 16.8. The van der Waals surface area contributed by atoms with Gasteiger partial charge in [0.05, 0.1) is 5.75 Å². The summed E-state index contributed by atoms with van der Waals surface area (Å²) < 4.78 is 0. The number of rotatable bonds is 5. The van der Waals surface area contributed by atoms with Crippen LogP contribution in [0.2, 0.25) is 0 Å². The van der Waals surface area contributed by atoms with Crippen LogP contribution in [-0.4, -0.2) is 24.1 Å². The maximum absolute atomic E-state index is 12.2. The molecule has 0 bridgehead atoms. The SMILES string of the molecule is C=CCNC(=O)/C(C#N)=C1\SCC(=O)N1c1ccc(CC)cc1. The molecule has 1 aromatic carbocycles. The molecule has 0 saturated carbocycles. The second-order valence-electron chi connectivity index (χ2n) is 4.83. The van der Waals surface area contributed by atoms with Gasteiger partial charge in [0, 0.05) is 12.2 Å². The Morgan fingerprint density at radius 3 is 2.74 bits per heavy atom. The highest BCUT2D eigenvalue weighted by Gasteiger charge is 2.32. The van der Waals surface area contributed by atoms with Crippen LogP contribution in [0.1, 0.15) is 12.5 Å². The average molecular weight is 327 g/mol. The molecular formula is C17H17N3O2S. The first-order valence-corrected chi connectivity index (χ1v) is 8.19. The predicted molar refractivity (Wildman–Crippen MR) is 91.6 cm³/mol. The molecule has 1 N–H and O–H groups in total. The fourth-order valence-electron chi connectivity index (χ4n) is 2.15. The molecule has 0 aliphatic carbocycles. The average Bonchev–Trinajstić information content (AvgIpc) is 2.95. The molecule has 23 heavy (non-hydrogen) atoms.